The maximum absolute atomic E-state index is 10.9. The number of allylic oxidation sites excluding steroid dienone is 3. The van der Waals surface area contributed by atoms with Gasteiger partial charge in [0.1, 0.15) is 0 Å². The Kier molecular flexibility index (Phi) is 15.4. The Morgan fingerprint density at radius 3 is 1.92 bits per heavy atom. The number of hydrogen-bond acceptors (Lipinski definition) is 3. The van der Waals surface area contributed by atoms with Gasteiger partial charge in [0.25, 0.3) is 0 Å². The first kappa shape index (κ1) is 24.7. The van der Waals surface area contributed by atoms with Crippen LogP contribution in [0, 0.1) is 11.3 Å². The highest BCUT2D eigenvalue weighted by molar-refractivity contribution is 5.73. The molecule has 0 bridgehead atoms. The second-order valence-corrected chi connectivity index (χ2v) is 6.60. The quantitative estimate of drug-likeness (QED) is 0.329. The molecule has 0 aliphatic carbocycles. The van der Waals surface area contributed by atoms with Crippen molar-refractivity contribution in [2.75, 3.05) is 6.61 Å². The number of rotatable bonds is 10. The van der Waals surface area contributed by atoms with E-state index in [4.69, 9.17) is 9.84 Å². The Morgan fingerprint density at radius 1 is 1.00 bits per heavy atom. The minimum Gasteiger partial charge on any atom is -0.481 e. The molecule has 0 aliphatic heterocycles. The van der Waals surface area contributed by atoms with E-state index < -0.39 is 11.4 Å². The lowest BCUT2D eigenvalue weighted by molar-refractivity contribution is -0.148. The summed E-state index contributed by atoms with van der Waals surface area (Å²) in [5.74, 6) is -0.840. The molecule has 0 aromatic rings. The maximum atomic E-state index is 10.9. The lowest BCUT2D eigenvalue weighted by Gasteiger charge is -2.17. The number of esters is 1. The smallest absolute Gasteiger partial charge is 0.309 e. The average Bonchev–Trinajstić information content (AvgIpc) is 2.51. The minimum absolute atomic E-state index is 0.0137. The summed E-state index contributed by atoms with van der Waals surface area (Å²) in [7, 11) is 0. The van der Waals surface area contributed by atoms with Crippen LogP contribution in [-0.4, -0.2) is 23.7 Å². The molecular weight excluding hydrogens is 304 g/mol. The molecule has 0 rings (SSSR count). The van der Waals surface area contributed by atoms with Crippen LogP contribution < -0.4 is 0 Å². The molecular formula is C20H36O4. The van der Waals surface area contributed by atoms with Gasteiger partial charge < -0.3 is 9.84 Å². The summed E-state index contributed by atoms with van der Waals surface area (Å²) in [5.41, 5.74) is -0.585. The number of ether oxygens (including phenoxy) is 1. The van der Waals surface area contributed by atoms with Crippen LogP contribution in [0.1, 0.15) is 73.6 Å². The highest BCUT2D eigenvalue weighted by Crippen LogP contribution is 2.22. The summed E-state index contributed by atoms with van der Waals surface area (Å²) < 4.78 is 4.96. The van der Waals surface area contributed by atoms with Crippen molar-refractivity contribution in [3.05, 3.63) is 24.3 Å². The average molecular weight is 341 g/mol. The van der Waals surface area contributed by atoms with Crippen molar-refractivity contribution in [3.63, 3.8) is 0 Å². The van der Waals surface area contributed by atoms with Crippen LogP contribution >= 0.6 is 0 Å². The van der Waals surface area contributed by atoms with Crippen LogP contribution in [-0.2, 0) is 14.3 Å². The van der Waals surface area contributed by atoms with Gasteiger partial charge in [-0.15, -0.1) is 0 Å². The molecule has 0 saturated carbocycles. The normalized spacial score (nSPS) is 11.6. The summed E-state index contributed by atoms with van der Waals surface area (Å²) in [4.78, 5) is 21.6. The van der Waals surface area contributed by atoms with E-state index in [9.17, 15) is 9.59 Å². The Balaban J connectivity index is 0. The van der Waals surface area contributed by atoms with Crippen molar-refractivity contribution in [3.8, 4) is 0 Å². The fourth-order valence-electron chi connectivity index (χ4n) is 1.51. The summed E-state index contributed by atoms with van der Waals surface area (Å²) >= 11 is 0. The third kappa shape index (κ3) is 15.3. The number of carbonyl (C=O) groups is 2. The van der Waals surface area contributed by atoms with Crippen molar-refractivity contribution in [2.45, 2.75) is 73.6 Å². The molecule has 0 radical (unpaired) electrons. The number of hydrogen-bond donors (Lipinski definition) is 1. The Bertz CT molecular complexity index is 390. The molecule has 4 heteroatoms. The van der Waals surface area contributed by atoms with Gasteiger partial charge in [-0.1, -0.05) is 52.0 Å². The topological polar surface area (TPSA) is 63.6 Å². The van der Waals surface area contributed by atoms with Crippen LogP contribution in [0.5, 0.6) is 0 Å². The maximum Gasteiger partial charge on any atom is 0.309 e. The largest absolute Gasteiger partial charge is 0.481 e. The summed E-state index contributed by atoms with van der Waals surface area (Å²) in [5, 5.41) is 8.77. The van der Waals surface area contributed by atoms with Gasteiger partial charge in [0, 0.05) is 0 Å². The van der Waals surface area contributed by atoms with E-state index in [-0.39, 0.29) is 11.9 Å². The Hall–Kier alpha value is -1.58. The van der Waals surface area contributed by atoms with Crippen LogP contribution in [0.2, 0.25) is 0 Å². The van der Waals surface area contributed by atoms with Gasteiger partial charge in [0.15, 0.2) is 0 Å². The van der Waals surface area contributed by atoms with Gasteiger partial charge in [-0.2, -0.15) is 0 Å². The molecule has 4 nitrogen and oxygen atoms in total. The van der Waals surface area contributed by atoms with E-state index in [1.165, 1.54) is 0 Å². The molecule has 140 valence electrons. The first-order chi connectivity index (χ1) is 11.2. The van der Waals surface area contributed by atoms with Crippen LogP contribution in [0.15, 0.2) is 24.3 Å². The standard InChI is InChI=1S/2C10H18O2/c1-4-5-6-7-8-10(2,3)9(11)12;1-4-5-6-7-8-12-10(11)9(2)3/h5-6H,4,7-8H2,1-3H3,(H,11,12);5-6,9H,4,7-8H2,1-3H3/b2*6-5-. The molecule has 0 aliphatic rings. The van der Waals surface area contributed by atoms with Gasteiger partial charge in [0.2, 0.25) is 0 Å². The molecule has 1 N–H and O–H groups in total. The first-order valence-corrected chi connectivity index (χ1v) is 8.89. The molecule has 0 unspecified atom stereocenters. The minimum atomic E-state index is -0.715. The summed E-state index contributed by atoms with van der Waals surface area (Å²) in [6.45, 7) is 11.8. The van der Waals surface area contributed by atoms with Crippen molar-refractivity contribution in [1.29, 1.82) is 0 Å². The number of aliphatic carboxylic acids is 1. The van der Waals surface area contributed by atoms with Crippen molar-refractivity contribution >= 4 is 11.9 Å². The second-order valence-electron chi connectivity index (χ2n) is 6.60. The van der Waals surface area contributed by atoms with E-state index in [0.29, 0.717) is 13.0 Å². The summed E-state index contributed by atoms with van der Waals surface area (Å²) in [6, 6.07) is 0. The predicted molar refractivity (Wildman–Crippen MR) is 99.9 cm³/mol. The van der Waals surface area contributed by atoms with Crippen molar-refractivity contribution < 1.29 is 19.4 Å². The third-order valence-corrected chi connectivity index (χ3v) is 3.32. The van der Waals surface area contributed by atoms with Gasteiger partial charge in [-0.25, -0.2) is 0 Å². The fourth-order valence-corrected chi connectivity index (χ4v) is 1.51. The van der Waals surface area contributed by atoms with Crippen LogP contribution in [0.3, 0.4) is 0 Å². The van der Waals surface area contributed by atoms with Crippen LogP contribution in [0.25, 0.3) is 0 Å². The monoisotopic (exact) mass is 340 g/mol. The van der Waals surface area contributed by atoms with Crippen molar-refractivity contribution in [1.82, 2.24) is 0 Å². The molecule has 0 aromatic carbocycles. The van der Waals surface area contributed by atoms with Gasteiger partial charge >= 0.3 is 11.9 Å². The van der Waals surface area contributed by atoms with Crippen LogP contribution in [0.4, 0.5) is 0 Å². The number of carboxylic acids is 1. The first-order valence-electron chi connectivity index (χ1n) is 8.89. The van der Waals surface area contributed by atoms with Gasteiger partial charge in [0.05, 0.1) is 17.9 Å². The van der Waals surface area contributed by atoms with Gasteiger partial charge in [-0.05, 0) is 46.0 Å². The Morgan fingerprint density at radius 2 is 1.50 bits per heavy atom. The number of carbonyl (C=O) groups excluding carboxylic acids is 1. The predicted octanol–water partition coefficient (Wildman–Crippen LogP) is 5.39. The zero-order valence-electron chi connectivity index (χ0n) is 16.3. The lowest BCUT2D eigenvalue weighted by Crippen LogP contribution is -2.22. The molecule has 0 atom stereocenters. The zero-order valence-corrected chi connectivity index (χ0v) is 16.3. The third-order valence-electron chi connectivity index (χ3n) is 3.32. The Labute approximate surface area is 148 Å². The van der Waals surface area contributed by atoms with E-state index in [0.717, 1.165) is 25.7 Å². The number of carboxylic acid groups (broad SMARTS) is 1. The van der Waals surface area contributed by atoms with E-state index in [1.54, 1.807) is 13.8 Å². The van der Waals surface area contributed by atoms with E-state index in [2.05, 4.69) is 26.0 Å². The van der Waals surface area contributed by atoms with E-state index in [1.807, 2.05) is 26.0 Å². The summed E-state index contributed by atoms with van der Waals surface area (Å²) in [6.07, 6.45) is 12.7. The second kappa shape index (κ2) is 15.0. The molecule has 0 heterocycles. The van der Waals surface area contributed by atoms with Gasteiger partial charge in [-0.3, -0.25) is 9.59 Å². The molecule has 24 heavy (non-hydrogen) atoms. The lowest BCUT2D eigenvalue weighted by atomic mass is 9.88. The SMILES string of the molecule is CC/C=C\CCC(C)(C)C(=O)O.CC/C=C\CCOC(=O)C(C)C. The fraction of sp³-hybridized carbons (Fsp3) is 0.700. The molecule has 0 aromatic heterocycles. The zero-order chi connectivity index (χ0) is 19.0. The molecule has 0 fully saturated rings. The highest BCUT2D eigenvalue weighted by atomic mass is 16.5. The van der Waals surface area contributed by atoms with E-state index >= 15 is 0 Å². The molecule has 0 saturated heterocycles. The molecule has 0 amide bonds. The molecule has 0 spiro atoms. The highest BCUT2D eigenvalue weighted by Gasteiger charge is 2.25. The van der Waals surface area contributed by atoms with Crippen molar-refractivity contribution in [2.24, 2.45) is 11.3 Å².